The molecule has 0 radical (unpaired) electrons. The lowest BCUT2D eigenvalue weighted by Gasteiger charge is -2.17. The van der Waals surface area contributed by atoms with Crippen molar-refractivity contribution in [2.75, 3.05) is 19.0 Å². The summed E-state index contributed by atoms with van der Waals surface area (Å²) in [6.07, 6.45) is 0. The number of halogens is 1. The van der Waals surface area contributed by atoms with Crippen molar-refractivity contribution in [3.8, 4) is 26.9 Å². The van der Waals surface area contributed by atoms with Crippen molar-refractivity contribution in [3.05, 3.63) is 35.1 Å². The number of thiophene rings is 1. The van der Waals surface area contributed by atoms with Gasteiger partial charge in [-0.1, -0.05) is 42.1 Å². The second kappa shape index (κ2) is 7.29. The number of hydrogen-bond acceptors (Lipinski definition) is 7. The molecule has 0 atom stereocenters. The van der Waals surface area contributed by atoms with Crippen LogP contribution in [0.25, 0.3) is 15.4 Å². The highest BCUT2D eigenvalue weighted by molar-refractivity contribution is 9.10. The number of aliphatic carboxylic acids is 1. The van der Waals surface area contributed by atoms with Crippen LogP contribution in [0, 0.1) is 0 Å². The number of ether oxygens (including phenoxy) is 2. The Hall–Kier alpha value is -2.04. The molecule has 1 aliphatic heterocycles. The molecule has 26 heavy (non-hydrogen) atoms. The van der Waals surface area contributed by atoms with Crippen molar-refractivity contribution < 1.29 is 19.4 Å². The average molecular weight is 454 g/mol. The predicted molar refractivity (Wildman–Crippen MR) is 102 cm³/mol. The number of aromatic nitrogens is 3. The van der Waals surface area contributed by atoms with Crippen LogP contribution in [0.4, 0.5) is 0 Å². The van der Waals surface area contributed by atoms with Crippen molar-refractivity contribution in [1.82, 2.24) is 14.8 Å². The van der Waals surface area contributed by atoms with Crippen molar-refractivity contribution in [2.45, 2.75) is 5.16 Å². The van der Waals surface area contributed by atoms with Gasteiger partial charge in [-0.15, -0.1) is 21.5 Å². The molecule has 0 saturated carbocycles. The molecule has 1 N–H and O–H groups in total. The second-order valence-corrected chi connectivity index (χ2v) is 7.88. The van der Waals surface area contributed by atoms with Crippen LogP contribution >= 0.6 is 39.0 Å². The minimum Gasteiger partial charge on any atom is -0.485 e. The van der Waals surface area contributed by atoms with Crippen LogP contribution in [-0.2, 0) is 4.79 Å². The largest absolute Gasteiger partial charge is 0.485 e. The van der Waals surface area contributed by atoms with Crippen LogP contribution in [0.3, 0.4) is 0 Å². The first-order valence-electron chi connectivity index (χ1n) is 7.59. The average Bonchev–Trinajstić information content (AvgIpc) is 3.21. The Morgan fingerprint density at radius 1 is 1.23 bits per heavy atom. The van der Waals surface area contributed by atoms with Crippen molar-refractivity contribution in [1.29, 1.82) is 0 Å². The number of benzene rings is 1. The van der Waals surface area contributed by atoms with E-state index in [9.17, 15) is 4.79 Å². The summed E-state index contributed by atoms with van der Waals surface area (Å²) in [5.74, 6) is 0.287. The highest BCUT2D eigenvalue weighted by Gasteiger charge is 2.29. The third kappa shape index (κ3) is 3.19. The van der Waals surface area contributed by atoms with Gasteiger partial charge in [-0.2, -0.15) is 0 Å². The number of rotatable bonds is 5. The summed E-state index contributed by atoms with van der Waals surface area (Å²) in [5, 5.41) is 18.3. The summed E-state index contributed by atoms with van der Waals surface area (Å²) in [6, 6.07) is 9.91. The lowest BCUT2D eigenvalue weighted by Crippen LogP contribution is -2.15. The molecule has 1 aromatic carbocycles. The number of thioether (sulfide) groups is 1. The van der Waals surface area contributed by atoms with Crippen LogP contribution in [0.5, 0.6) is 11.5 Å². The topological polar surface area (TPSA) is 86.5 Å². The van der Waals surface area contributed by atoms with Crippen LogP contribution in [0.1, 0.15) is 0 Å². The third-order valence-corrected chi connectivity index (χ3v) is 6.15. The first-order valence-corrected chi connectivity index (χ1v) is 10.2. The fourth-order valence-electron chi connectivity index (χ4n) is 2.50. The molecular formula is C16H12BrN3O4S2. The molecule has 0 amide bonds. The molecule has 0 aliphatic carbocycles. The molecule has 0 bridgehead atoms. The maximum Gasteiger partial charge on any atom is 0.313 e. The summed E-state index contributed by atoms with van der Waals surface area (Å²) in [4.78, 5) is 11.9. The molecule has 2 aromatic heterocycles. The minimum atomic E-state index is -0.918. The zero-order chi connectivity index (χ0) is 18.1. The smallest absolute Gasteiger partial charge is 0.313 e. The minimum absolute atomic E-state index is 0.110. The quantitative estimate of drug-likeness (QED) is 0.589. The van der Waals surface area contributed by atoms with Gasteiger partial charge >= 0.3 is 5.97 Å². The van der Waals surface area contributed by atoms with Crippen molar-refractivity contribution in [3.63, 3.8) is 0 Å². The fourth-order valence-corrected chi connectivity index (χ4v) is 5.08. The normalized spacial score (nSPS) is 13.0. The number of nitrogens with zero attached hydrogens (tertiary/aromatic N) is 3. The Balaban J connectivity index is 1.84. The summed E-state index contributed by atoms with van der Waals surface area (Å²) in [6.45, 7) is 0.926. The molecule has 0 fully saturated rings. The van der Waals surface area contributed by atoms with E-state index < -0.39 is 5.97 Å². The summed E-state index contributed by atoms with van der Waals surface area (Å²) in [7, 11) is 0. The van der Waals surface area contributed by atoms with Crippen LogP contribution < -0.4 is 9.47 Å². The number of carboxylic acids is 1. The van der Waals surface area contributed by atoms with E-state index in [1.165, 1.54) is 11.3 Å². The van der Waals surface area contributed by atoms with Crippen molar-refractivity contribution >= 4 is 45.0 Å². The number of hydrogen-bond donors (Lipinski definition) is 1. The van der Waals surface area contributed by atoms with E-state index in [1.54, 1.807) is 4.57 Å². The fraction of sp³-hybridized carbons (Fsp3) is 0.188. The molecule has 4 rings (SSSR count). The zero-order valence-electron chi connectivity index (χ0n) is 13.2. The molecule has 0 unspecified atom stereocenters. The van der Waals surface area contributed by atoms with E-state index in [0.29, 0.717) is 34.6 Å². The van der Waals surface area contributed by atoms with Gasteiger partial charge in [-0.25, -0.2) is 0 Å². The summed E-state index contributed by atoms with van der Waals surface area (Å²) >= 11 is 5.98. The lowest BCUT2D eigenvalue weighted by molar-refractivity contribution is -0.133. The van der Waals surface area contributed by atoms with Gasteiger partial charge in [-0.3, -0.25) is 9.36 Å². The molecular weight excluding hydrogens is 442 g/mol. The van der Waals surface area contributed by atoms with Crippen molar-refractivity contribution in [2.24, 2.45) is 0 Å². The Morgan fingerprint density at radius 2 is 1.96 bits per heavy atom. The van der Waals surface area contributed by atoms with Crippen LogP contribution in [-0.4, -0.2) is 44.8 Å². The Kier molecular flexibility index (Phi) is 4.88. The van der Waals surface area contributed by atoms with Gasteiger partial charge in [0.2, 0.25) is 4.73 Å². The second-order valence-electron chi connectivity index (χ2n) is 5.23. The summed E-state index contributed by atoms with van der Waals surface area (Å²) in [5.41, 5.74) is 1.02. The standard InChI is InChI=1S/C16H12BrN3O4S2/c17-15-18-19-16(25-8-10(21)22)20(15)14-12-11(23-6-7-24-12)13(26-14)9-4-2-1-3-5-9/h1-5H,6-8H2,(H,21,22). The van der Waals surface area contributed by atoms with E-state index in [-0.39, 0.29) is 5.75 Å². The van der Waals surface area contributed by atoms with Gasteiger partial charge in [0.25, 0.3) is 0 Å². The molecule has 0 saturated heterocycles. The Labute approximate surface area is 165 Å². The Bertz CT molecular complexity index is 958. The number of fused-ring (bicyclic) bond motifs is 1. The molecule has 10 heteroatoms. The first kappa shape index (κ1) is 17.4. The number of carbonyl (C=O) groups is 1. The molecule has 3 heterocycles. The monoisotopic (exact) mass is 453 g/mol. The molecule has 7 nitrogen and oxygen atoms in total. The van der Waals surface area contributed by atoms with E-state index in [1.807, 2.05) is 30.3 Å². The van der Waals surface area contributed by atoms with Gasteiger partial charge in [0.05, 0.1) is 10.6 Å². The molecule has 134 valence electrons. The highest BCUT2D eigenvalue weighted by Crippen LogP contribution is 2.52. The van der Waals surface area contributed by atoms with Gasteiger partial charge in [-0.05, 0) is 21.5 Å². The van der Waals surface area contributed by atoms with Gasteiger partial charge in [0, 0.05) is 0 Å². The van der Waals surface area contributed by atoms with Gasteiger partial charge in [0.15, 0.2) is 21.7 Å². The molecule has 0 spiro atoms. The lowest BCUT2D eigenvalue weighted by atomic mass is 10.2. The van der Waals surface area contributed by atoms with Gasteiger partial charge in [0.1, 0.15) is 13.2 Å². The third-order valence-electron chi connectivity index (χ3n) is 3.54. The molecule has 1 aliphatic rings. The van der Waals surface area contributed by atoms with E-state index in [4.69, 9.17) is 14.6 Å². The first-order chi connectivity index (χ1) is 12.6. The van der Waals surface area contributed by atoms with E-state index >= 15 is 0 Å². The maximum atomic E-state index is 10.9. The summed E-state index contributed by atoms with van der Waals surface area (Å²) < 4.78 is 14.0. The van der Waals surface area contributed by atoms with E-state index in [2.05, 4.69) is 26.1 Å². The van der Waals surface area contributed by atoms with Crippen LogP contribution in [0.15, 0.2) is 40.2 Å². The SMILES string of the molecule is O=C(O)CSc1nnc(Br)n1-c1sc(-c2ccccc2)c2c1OCCO2. The molecule has 3 aromatic rings. The number of carboxylic acid groups (broad SMARTS) is 1. The van der Waals surface area contributed by atoms with Crippen LogP contribution in [0.2, 0.25) is 0 Å². The van der Waals surface area contributed by atoms with E-state index in [0.717, 1.165) is 27.2 Å². The Morgan fingerprint density at radius 3 is 2.69 bits per heavy atom. The predicted octanol–water partition coefficient (Wildman–Crippen LogP) is 3.71. The highest BCUT2D eigenvalue weighted by atomic mass is 79.9. The zero-order valence-corrected chi connectivity index (χ0v) is 16.4. The van der Waals surface area contributed by atoms with Gasteiger partial charge < -0.3 is 14.6 Å². The maximum absolute atomic E-state index is 10.9.